The lowest BCUT2D eigenvalue weighted by Crippen LogP contribution is -2.38. The van der Waals surface area contributed by atoms with Crippen molar-refractivity contribution in [3.63, 3.8) is 0 Å². The number of aliphatic hydroxyl groups is 1. The number of amides is 1. The molecule has 1 amide bonds. The molecule has 6 heteroatoms. The van der Waals surface area contributed by atoms with Gasteiger partial charge in [-0.1, -0.05) is 0 Å². The largest absolute Gasteiger partial charge is 0.514 e. The lowest BCUT2D eigenvalue weighted by Gasteiger charge is -2.20. The van der Waals surface area contributed by atoms with Gasteiger partial charge in [0.25, 0.3) is 0 Å². The van der Waals surface area contributed by atoms with Crippen LogP contribution in [0.25, 0.3) is 0 Å². The number of nitrogens with zero attached hydrogens (tertiary/aromatic N) is 1. The molecule has 1 atom stereocenters. The molecule has 0 unspecified atom stereocenters. The first kappa shape index (κ1) is 10.7. The lowest BCUT2D eigenvalue weighted by molar-refractivity contribution is 0.0769. The Morgan fingerprint density at radius 1 is 1.58 bits per heavy atom. The molecule has 0 fully saturated rings. The van der Waals surface area contributed by atoms with Gasteiger partial charge >= 0.3 is 12.2 Å². The van der Waals surface area contributed by atoms with E-state index in [1.54, 1.807) is 6.92 Å². The van der Waals surface area contributed by atoms with Crippen LogP contribution in [-0.2, 0) is 4.74 Å². The van der Waals surface area contributed by atoms with Crippen LogP contribution in [0.1, 0.15) is 6.92 Å². The summed E-state index contributed by atoms with van der Waals surface area (Å²) in [5.41, 5.74) is 0. The molecule has 0 rings (SSSR count). The number of rotatable bonds is 2. The molecule has 0 aliphatic heterocycles. The maximum Gasteiger partial charge on any atom is 0.514 e. The van der Waals surface area contributed by atoms with Gasteiger partial charge in [0, 0.05) is 7.05 Å². The Kier molecular flexibility index (Phi) is 4.06. The molecule has 0 saturated heterocycles. The Hall–Kier alpha value is -1.30. The molecule has 12 heavy (non-hydrogen) atoms. The molecule has 0 bridgehead atoms. The summed E-state index contributed by atoms with van der Waals surface area (Å²) in [4.78, 5) is 21.7. The zero-order valence-corrected chi connectivity index (χ0v) is 6.85. The molecule has 0 aromatic carbocycles. The van der Waals surface area contributed by atoms with E-state index in [1.165, 1.54) is 7.05 Å². The van der Waals surface area contributed by atoms with Gasteiger partial charge in [-0.25, -0.2) is 9.59 Å². The average Bonchev–Trinajstić information content (AvgIpc) is 2.00. The van der Waals surface area contributed by atoms with Crippen molar-refractivity contribution < 1.29 is 24.5 Å². The zero-order valence-electron chi connectivity index (χ0n) is 6.85. The highest BCUT2D eigenvalue weighted by Gasteiger charge is 2.18. The highest BCUT2D eigenvalue weighted by molar-refractivity contribution is 5.79. The standard InChI is InChI=1S/C6H11NO5/c1-4(3-8)7(2)5(9)12-6(10)11/h4,8H,3H2,1-2H3,(H,10,11)/t4-/m0/s1. The number of hydrogen-bond acceptors (Lipinski definition) is 4. The van der Waals surface area contributed by atoms with Crippen molar-refractivity contribution in [1.29, 1.82) is 0 Å². The van der Waals surface area contributed by atoms with Gasteiger partial charge in [0.2, 0.25) is 0 Å². The Bertz CT molecular complexity index is 181. The maximum atomic E-state index is 10.8. The van der Waals surface area contributed by atoms with Gasteiger partial charge in [-0.15, -0.1) is 0 Å². The van der Waals surface area contributed by atoms with Crippen molar-refractivity contribution in [2.75, 3.05) is 13.7 Å². The minimum atomic E-state index is -1.66. The normalized spacial score (nSPS) is 11.9. The average molecular weight is 177 g/mol. The summed E-state index contributed by atoms with van der Waals surface area (Å²) in [5, 5.41) is 16.6. The highest BCUT2D eigenvalue weighted by Crippen LogP contribution is 1.97. The smallest absolute Gasteiger partial charge is 0.449 e. The van der Waals surface area contributed by atoms with Crippen LogP contribution in [-0.4, -0.2) is 47.1 Å². The van der Waals surface area contributed by atoms with Gasteiger partial charge in [0.15, 0.2) is 0 Å². The van der Waals surface area contributed by atoms with Crippen molar-refractivity contribution in [3.05, 3.63) is 0 Å². The Labute approximate surface area is 69.3 Å². The van der Waals surface area contributed by atoms with Crippen LogP contribution in [0.5, 0.6) is 0 Å². The van der Waals surface area contributed by atoms with Crippen LogP contribution in [0.15, 0.2) is 0 Å². The van der Waals surface area contributed by atoms with Gasteiger partial charge < -0.3 is 19.8 Å². The van der Waals surface area contributed by atoms with E-state index in [1.807, 2.05) is 0 Å². The van der Waals surface area contributed by atoms with E-state index in [4.69, 9.17) is 10.2 Å². The molecule has 0 radical (unpaired) electrons. The van der Waals surface area contributed by atoms with E-state index >= 15 is 0 Å². The molecule has 0 saturated carbocycles. The number of ether oxygens (including phenoxy) is 1. The SMILES string of the molecule is C[C@@H](CO)N(C)C(=O)OC(=O)O. The van der Waals surface area contributed by atoms with E-state index in [0.717, 1.165) is 4.90 Å². The van der Waals surface area contributed by atoms with Gasteiger partial charge in [0.05, 0.1) is 12.6 Å². The van der Waals surface area contributed by atoms with Crippen molar-refractivity contribution in [2.45, 2.75) is 13.0 Å². The van der Waals surface area contributed by atoms with Gasteiger partial charge in [-0.2, -0.15) is 0 Å². The van der Waals surface area contributed by atoms with Crippen molar-refractivity contribution in [2.24, 2.45) is 0 Å². The summed E-state index contributed by atoms with van der Waals surface area (Å²) in [6.45, 7) is 1.31. The Balaban J connectivity index is 4.01. The second-order valence-corrected chi connectivity index (χ2v) is 2.28. The monoisotopic (exact) mass is 177 g/mol. The summed E-state index contributed by atoms with van der Waals surface area (Å²) in [5.74, 6) is 0. The fourth-order valence-corrected chi connectivity index (χ4v) is 0.449. The summed E-state index contributed by atoms with van der Waals surface area (Å²) in [6.07, 6.45) is -2.65. The molecular formula is C6H11NO5. The minimum Gasteiger partial charge on any atom is -0.449 e. The number of carbonyl (C=O) groups is 2. The van der Waals surface area contributed by atoms with Gasteiger partial charge in [0.1, 0.15) is 0 Å². The molecule has 0 aliphatic carbocycles. The van der Waals surface area contributed by atoms with E-state index < -0.39 is 18.3 Å². The van der Waals surface area contributed by atoms with E-state index in [9.17, 15) is 9.59 Å². The van der Waals surface area contributed by atoms with Gasteiger partial charge in [-0.3, -0.25) is 0 Å². The van der Waals surface area contributed by atoms with Crippen molar-refractivity contribution >= 4 is 12.2 Å². The molecule has 0 spiro atoms. The molecule has 70 valence electrons. The third-order valence-electron chi connectivity index (χ3n) is 1.39. The Morgan fingerprint density at radius 2 is 2.08 bits per heavy atom. The van der Waals surface area contributed by atoms with Crippen LogP contribution < -0.4 is 0 Å². The maximum absolute atomic E-state index is 10.8. The highest BCUT2D eigenvalue weighted by atomic mass is 16.7. The topological polar surface area (TPSA) is 87.1 Å². The number of likely N-dealkylation sites (N-methyl/N-ethyl adjacent to an activating group) is 1. The number of carbonyl (C=O) groups excluding carboxylic acids is 1. The molecule has 0 heterocycles. The third kappa shape index (κ3) is 3.20. The molecular weight excluding hydrogens is 166 g/mol. The van der Waals surface area contributed by atoms with Crippen LogP contribution in [0, 0.1) is 0 Å². The number of hydrogen-bond donors (Lipinski definition) is 2. The zero-order chi connectivity index (χ0) is 9.72. The molecule has 0 aromatic heterocycles. The van der Waals surface area contributed by atoms with Crippen LogP contribution >= 0.6 is 0 Å². The molecule has 0 aliphatic rings. The first-order valence-electron chi connectivity index (χ1n) is 3.27. The summed E-state index contributed by atoms with van der Waals surface area (Å²) >= 11 is 0. The molecule has 0 aromatic rings. The van der Waals surface area contributed by atoms with Crippen LogP contribution in [0.4, 0.5) is 9.59 Å². The molecule has 6 nitrogen and oxygen atoms in total. The molecule has 2 N–H and O–H groups in total. The van der Waals surface area contributed by atoms with Crippen molar-refractivity contribution in [3.8, 4) is 0 Å². The fraction of sp³-hybridized carbons (Fsp3) is 0.667. The van der Waals surface area contributed by atoms with Crippen molar-refractivity contribution in [1.82, 2.24) is 4.90 Å². The summed E-state index contributed by atoms with van der Waals surface area (Å²) in [7, 11) is 1.34. The minimum absolute atomic E-state index is 0.245. The van der Waals surface area contributed by atoms with Crippen LogP contribution in [0.3, 0.4) is 0 Å². The first-order valence-corrected chi connectivity index (χ1v) is 3.27. The fourth-order valence-electron chi connectivity index (χ4n) is 0.449. The van der Waals surface area contributed by atoms with E-state index in [-0.39, 0.29) is 6.61 Å². The van der Waals surface area contributed by atoms with E-state index in [0.29, 0.717) is 0 Å². The second kappa shape index (κ2) is 4.55. The quantitative estimate of drug-likeness (QED) is 0.462. The predicted molar refractivity (Wildman–Crippen MR) is 38.8 cm³/mol. The van der Waals surface area contributed by atoms with Gasteiger partial charge in [-0.05, 0) is 6.92 Å². The first-order chi connectivity index (χ1) is 5.49. The third-order valence-corrected chi connectivity index (χ3v) is 1.39. The second-order valence-electron chi connectivity index (χ2n) is 2.28. The lowest BCUT2D eigenvalue weighted by atomic mass is 10.3. The Morgan fingerprint density at radius 3 is 2.42 bits per heavy atom. The number of aliphatic hydroxyl groups excluding tert-OH is 1. The van der Waals surface area contributed by atoms with Crippen LogP contribution in [0.2, 0.25) is 0 Å². The number of carboxylic acid groups (broad SMARTS) is 1. The predicted octanol–water partition coefficient (Wildman–Crippen LogP) is 0.114. The van der Waals surface area contributed by atoms with E-state index in [2.05, 4.69) is 4.74 Å². The summed E-state index contributed by atoms with van der Waals surface area (Å²) in [6, 6.07) is -0.461. The summed E-state index contributed by atoms with van der Waals surface area (Å²) < 4.78 is 3.83.